The fraction of sp³-hybridized carbons (Fsp3) is 0.316. The van der Waals surface area contributed by atoms with Crippen LogP contribution in [0.4, 0.5) is 4.39 Å². The third-order valence-corrected chi connectivity index (χ3v) is 6.36. The Labute approximate surface area is 169 Å². The lowest BCUT2D eigenvalue weighted by atomic mass is 10.1. The number of ether oxygens (including phenoxy) is 1. The van der Waals surface area contributed by atoms with Gasteiger partial charge in [0, 0.05) is 11.6 Å². The summed E-state index contributed by atoms with van der Waals surface area (Å²) in [5.41, 5.74) is 0.829. The Kier molecular flexibility index (Phi) is 7.40. The molecule has 0 aliphatic carbocycles. The Morgan fingerprint density at radius 2 is 1.89 bits per heavy atom. The second-order valence-corrected chi connectivity index (χ2v) is 8.41. The molecule has 1 atom stereocenters. The van der Waals surface area contributed by atoms with E-state index in [2.05, 4.69) is 5.32 Å². The number of carbonyl (C=O) groups excluding carboxylic acids is 1. The van der Waals surface area contributed by atoms with Crippen LogP contribution in [0, 0.1) is 5.82 Å². The second-order valence-electron chi connectivity index (χ2n) is 6.07. The Hall–Kier alpha value is -2.16. The van der Waals surface area contributed by atoms with E-state index < -0.39 is 28.3 Å². The number of nitrogens with zero attached hydrogens (tertiary/aromatic N) is 1. The minimum atomic E-state index is -4.13. The number of hydrogen-bond donors (Lipinski definition) is 1. The van der Waals surface area contributed by atoms with Crippen LogP contribution in [0.15, 0.2) is 47.4 Å². The van der Waals surface area contributed by atoms with Gasteiger partial charge in [-0.05, 0) is 42.8 Å². The van der Waals surface area contributed by atoms with Crippen molar-refractivity contribution in [2.24, 2.45) is 0 Å². The van der Waals surface area contributed by atoms with Crippen molar-refractivity contribution in [3.63, 3.8) is 0 Å². The summed E-state index contributed by atoms with van der Waals surface area (Å²) in [4.78, 5) is 12.1. The molecule has 6 nitrogen and oxygen atoms in total. The van der Waals surface area contributed by atoms with Gasteiger partial charge in [0.05, 0.1) is 19.7 Å². The lowest BCUT2D eigenvalue weighted by molar-refractivity contribution is -0.121. The smallest absolute Gasteiger partial charge is 0.247 e. The van der Waals surface area contributed by atoms with E-state index in [1.54, 1.807) is 38.1 Å². The van der Waals surface area contributed by atoms with Gasteiger partial charge in [0.25, 0.3) is 0 Å². The predicted molar refractivity (Wildman–Crippen MR) is 105 cm³/mol. The molecule has 0 saturated heterocycles. The molecule has 0 heterocycles. The van der Waals surface area contributed by atoms with Crippen molar-refractivity contribution < 1.29 is 22.3 Å². The van der Waals surface area contributed by atoms with E-state index in [0.29, 0.717) is 5.02 Å². The van der Waals surface area contributed by atoms with Crippen molar-refractivity contribution in [2.45, 2.75) is 24.8 Å². The fourth-order valence-electron chi connectivity index (χ4n) is 2.64. The molecule has 0 radical (unpaired) electrons. The summed E-state index contributed by atoms with van der Waals surface area (Å²) in [6, 6.07) is 9.85. The average molecular weight is 429 g/mol. The Balaban J connectivity index is 2.17. The molecule has 0 bridgehead atoms. The van der Waals surface area contributed by atoms with Gasteiger partial charge in [-0.15, -0.1) is 0 Å². The Morgan fingerprint density at radius 3 is 2.46 bits per heavy atom. The van der Waals surface area contributed by atoms with Crippen LogP contribution in [0.25, 0.3) is 0 Å². The number of benzene rings is 2. The van der Waals surface area contributed by atoms with Crippen molar-refractivity contribution >= 4 is 27.5 Å². The van der Waals surface area contributed by atoms with Crippen LogP contribution >= 0.6 is 11.6 Å². The van der Waals surface area contributed by atoms with Crippen molar-refractivity contribution in [3.05, 3.63) is 58.9 Å². The molecule has 0 saturated carbocycles. The van der Waals surface area contributed by atoms with Gasteiger partial charge in [-0.2, -0.15) is 4.31 Å². The maximum absolute atomic E-state index is 13.6. The number of halogens is 2. The van der Waals surface area contributed by atoms with Gasteiger partial charge in [-0.3, -0.25) is 4.79 Å². The predicted octanol–water partition coefficient (Wildman–Crippen LogP) is 3.38. The van der Waals surface area contributed by atoms with Crippen molar-refractivity contribution in [3.8, 4) is 5.75 Å². The monoisotopic (exact) mass is 428 g/mol. The van der Waals surface area contributed by atoms with Gasteiger partial charge in [0.2, 0.25) is 15.9 Å². The third kappa shape index (κ3) is 5.21. The van der Waals surface area contributed by atoms with Crippen LogP contribution in [0.5, 0.6) is 5.75 Å². The van der Waals surface area contributed by atoms with Crippen LogP contribution in [0.3, 0.4) is 0 Å². The lowest BCUT2D eigenvalue weighted by Gasteiger charge is -2.22. The van der Waals surface area contributed by atoms with E-state index >= 15 is 0 Å². The van der Waals surface area contributed by atoms with E-state index in [4.69, 9.17) is 16.3 Å². The van der Waals surface area contributed by atoms with E-state index in [-0.39, 0.29) is 23.2 Å². The molecule has 1 N–H and O–H groups in total. The molecule has 0 fully saturated rings. The average Bonchev–Trinajstić information content (AvgIpc) is 2.66. The first-order valence-electron chi connectivity index (χ1n) is 8.57. The SMILES string of the molecule is CCN(CC(=O)NC(C)c1ccc(Cl)cc1)S(=O)(=O)c1cc(F)ccc1OC. The first-order chi connectivity index (χ1) is 13.2. The summed E-state index contributed by atoms with van der Waals surface area (Å²) in [6.07, 6.45) is 0. The zero-order valence-corrected chi connectivity index (χ0v) is 17.3. The van der Waals surface area contributed by atoms with Gasteiger partial charge in [0.15, 0.2) is 0 Å². The summed E-state index contributed by atoms with van der Waals surface area (Å²) in [5, 5.41) is 3.33. The maximum Gasteiger partial charge on any atom is 0.247 e. The highest BCUT2D eigenvalue weighted by atomic mass is 35.5. The lowest BCUT2D eigenvalue weighted by Crippen LogP contribution is -2.41. The maximum atomic E-state index is 13.6. The van der Waals surface area contributed by atoms with E-state index in [1.807, 2.05) is 0 Å². The molecule has 2 aromatic rings. The zero-order chi connectivity index (χ0) is 20.9. The minimum absolute atomic E-state index is 0.00907. The largest absolute Gasteiger partial charge is 0.495 e. The van der Waals surface area contributed by atoms with Crippen LogP contribution < -0.4 is 10.1 Å². The molecule has 1 unspecified atom stereocenters. The van der Waals surface area contributed by atoms with Crippen LogP contribution in [0.2, 0.25) is 5.02 Å². The number of hydrogen-bond acceptors (Lipinski definition) is 4. The summed E-state index contributed by atoms with van der Waals surface area (Å²) < 4.78 is 45.4. The number of carbonyl (C=O) groups is 1. The molecule has 0 aliphatic heterocycles. The molecule has 0 aliphatic rings. The van der Waals surface area contributed by atoms with Gasteiger partial charge >= 0.3 is 0 Å². The summed E-state index contributed by atoms with van der Waals surface area (Å²) >= 11 is 5.86. The quantitative estimate of drug-likeness (QED) is 0.699. The molecular weight excluding hydrogens is 407 g/mol. The topological polar surface area (TPSA) is 75.7 Å². The zero-order valence-electron chi connectivity index (χ0n) is 15.8. The molecule has 28 heavy (non-hydrogen) atoms. The number of rotatable bonds is 8. The molecule has 9 heteroatoms. The molecular formula is C19H22ClFN2O4S. The Bertz CT molecular complexity index is 935. The van der Waals surface area contributed by atoms with E-state index in [9.17, 15) is 17.6 Å². The highest BCUT2D eigenvalue weighted by molar-refractivity contribution is 7.89. The van der Waals surface area contributed by atoms with Crippen molar-refractivity contribution in [2.75, 3.05) is 20.2 Å². The van der Waals surface area contributed by atoms with Gasteiger partial charge in [-0.25, -0.2) is 12.8 Å². The molecule has 2 aromatic carbocycles. The summed E-state index contributed by atoms with van der Waals surface area (Å²) in [6.45, 7) is 3.00. The van der Waals surface area contributed by atoms with Crippen molar-refractivity contribution in [1.29, 1.82) is 0 Å². The van der Waals surface area contributed by atoms with Gasteiger partial charge < -0.3 is 10.1 Å². The highest BCUT2D eigenvalue weighted by Crippen LogP contribution is 2.27. The van der Waals surface area contributed by atoms with Crippen LogP contribution in [-0.4, -0.2) is 38.8 Å². The number of nitrogens with one attached hydrogen (secondary N) is 1. The van der Waals surface area contributed by atoms with E-state index in [0.717, 1.165) is 22.0 Å². The number of methoxy groups -OCH3 is 1. The van der Waals surface area contributed by atoms with Crippen LogP contribution in [-0.2, 0) is 14.8 Å². The standard InChI is InChI=1S/C19H22ClFN2O4S/c1-4-23(28(25,26)18-11-16(21)9-10-17(18)27-3)12-19(24)22-13(2)14-5-7-15(20)8-6-14/h5-11,13H,4,12H2,1-3H3,(H,22,24). The third-order valence-electron chi connectivity index (χ3n) is 4.16. The number of sulfonamides is 1. The molecule has 0 aromatic heterocycles. The van der Waals surface area contributed by atoms with Crippen molar-refractivity contribution in [1.82, 2.24) is 9.62 Å². The first-order valence-corrected chi connectivity index (χ1v) is 10.4. The molecule has 1 amide bonds. The molecule has 0 spiro atoms. The number of amides is 1. The Morgan fingerprint density at radius 1 is 1.25 bits per heavy atom. The summed E-state index contributed by atoms with van der Waals surface area (Å²) in [7, 11) is -2.83. The molecule has 152 valence electrons. The summed E-state index contributed by atoms with van der Waals surface area (Å²) in [5.74, 6) is -1.19. The fourth-order valence-corrected chi connectivity index (χ4v) is 4.34. The highest BCUT2D eigenvalue weighted by Gasteiger charge is 2.29. The minimum Gasteiger partial charge on any atom is -0.495 e. The van der Waals surface area contributed by atoms with Crippen LogP contribution in [0.1, 0.15) is 25.5 Å². The second kappa shape index (κ2) is 9.36. The number of likely N-dealkylation sites (N-methyl/N-ethyl adjacent to an activating group) is 1. The van der Waals surface area contributed by atoms with E-state index in [1.165, 1.54) is 13.2 Å². The van der Waals surface area contributed by atoms with Gasteiger partial charge in [-0.1, -0.05) is 30.7 Å². The molecule has 2 rings (SSSR count). The first kappa shape index (κ1) is 22.1. The van der Waals surface area contributed by atoms with Gasteiger partial charge in [0.1, 0.15) is 16.5 Å². The normalized spacial score (nSPS) is 12.6.